The minimum absolute atomic E-state index is 0.122. The van der Waals surface area contributed by atoms with Gasteiger partial charge in [-0.3, -0.25) is 0 Å². The first kappa shape index (κ1) is 11.7. The van der Waals surface area contributed by atoms with Crippen LogP contribution in [0.25, 0.3) is 5.95 Å². The van der Waals surface area contributed by atoms with E-state index in [1.54, 1.807) is 0 Å². The van der Waals surface area contributed by atoms with Gasteiger partial charge in [0, 0.05) is 6.04 Å². The molecule has 1 N–H and O–H groups in total. The lowest BCUT2D eigenvalue weighted by Crippen LogP contribution is -2.17. The Morgan fingerprint density at radius 1 is 1.41 bits per heavy atom. The first-order valence-corrected chi connectivity index (χ1v) is 5.60. The molecule has 7 nitrogen and oxygen atoms in total. The zero-order valence-electron chi connectivity index (χ0n) is 9.50. The number of rotatable bonds is 4. The number of anilines is 1. The Hall–Kier alpha value is -1.76. The van der Waals surface area contributed by atoms with Gasteiger partial charge in [0.05, 0.1) is 0 Å². The zero-order valence-corrected chi connectivity index (χ0v) is 10.3. The first-order chi connectivity index (χ1) is 8.19. The number of hydrogen-bond acceptors (Lipinski definition) is 6. The fraction of sp³-hybridized carbons (Fsp3) is 0.444. The van der Waals surface area contributed by atoms with Gasteiger partial charge in [0.15, 0.2) is 0 Å². The third-order valence-electron chi connectivity index (χ3n) is 2.21. The second kappa shape index (κ2) is 5.05. The van der Waals surface area contributed by atoms with Crippen molar-refractivity contribution in [1.82, 2.24) is 29.7 Å². The normalized spacial score (nSPS) is 12.4. The van der Waals surface area contributed by atoms with Gasteiger partial charge in [0.2, 0.25) is 11.2 Å². The molecular weight excluding hydrogens is 242 g/mol. The Bertz CT molecular complexity index is 484. The van der Waals surface area contributed by atoms with Gasteiger partial charge in [-0.05, 0) is 24.9 Å². The van der Waals surface area contributed by atoms with Crippen molar-refractivity contribution in [2.24, 2.45) is 0 Å². The van der Waals surface area contributed by atoms with Crippen LogP contribution in [-0.2, 0) is 0 Å². The summed E-state index contributed by atoms with van der Waals surface area (Å²) < 4.78 is 1.43. The molecule has 1 atom stereocenters. The van der Waals surface area contributed by atoms with Crippen LogP contribution in [0, 0.1) is 0 Å². The van der Waals surface area contributed by atoms with Crippen molar-refractivity contribution in [3.8, 4) is 5.95 Å². The van der Waals surface area contributed by atoms with E-state index in [0.29, 0.717) is 11.9 Å². The summed E-state index contributed by atoms with van der Waals surface area (Å²) in [4.78, 5) is 16.0. The minimum atomic E-state index is 0.122. The molecule has 90 valence electrons. The highest BCUT2D eigenvalue weighted by molar-refractivity contribution is 6.28. The van der Waals surface area contributed by atoms with Gasteiger partial charge in [-0.15, -0.1) is 0 Å². The summed E-state index contributed by atoms with van der Waals surface area (Å²) in [6.07, 6.45) is 3.86. The summed E-state index contributed by atoms with van der Waals surface area (Å²) in [5.74, 6) is 0.776. The van der Waals surface area contributed by atoms with Crippen LogP contribution in [0.1, 0.15) is 20.3 Å². The van der Waals surface area contributed by atoms with E-state index in [2.05, 4.69) is 37.3 Å². The highest BCUT2D eigenvalue weighted by Crippen LogP contribution is 2.10. The zero-order chi connectivity index (χ0) is 12.3. The third kappa shape index (κ3) is 2.88. The summed E-state index contributed by atoms with van der Waals surface area (Å²) in [6.45, 7) is 4.10. The van der Waals surface area contributed by atoms with Crippen molar-refractivity contribution in [3.63, 3.8) is 0 Å². The molecule has 0 fully saturated rings. The summed E-state index contributed by atoms with van der Waals surface area (Å²) in [6, 6.07) is 0.261. The molecule has 0 amide bonds. The lowest BCUT2D eigenvalue weighted by Gasteiger charge is -2.11. The monoisotopic (exact) mass is 253 g/mol. The number of nitrogens with one attached hydrogen (secondary N) is 1. The lowest BCUT2D eigenvalue weighted by molar-refractivity contribution is 0.739. The second-order valence-corrected chi connectivity index (χ2v) is 3.86. The van der Waals surface area contributed by atoms with Crippen LogP contribution in [0.2, 0.25) is 5.28 Å². The van der Waals surface area contributed by atoms with Gasteiger partial charge in [-0.25, -0.2) is 4.98 Å². The van der Waals surface area contributed by atoms with Crippen LogP contribution in [0.5, 0.6) is 0 Å². The van der Waals surface area contributed by atoms with E-state index in [1.807, 2.05) is 6.92 Å². The number of aromatic nitrogens is 6. The molecule has 2 rings (SSSR count). The molecule has 0 aliphatic carbocycles. The summed E-state index contributed by atoms with van der Waals surface area (Å²) in [5.41, 5.74) is 0. The topological polar surface area (TPSA) is 81.4 Å². The van der Waals surface area contributed by atoms with E-state index >= 15 is 0 Å². The van der Waals surface area contributed by atoms with Crippen molar-refractivity contribution in [2.75, 3.05) is 5.32 Å². The maximum absolute atomic E-state index is 5.83. The van der Waals surface area contributed by atoms with E-state index in [0.717, 1.165) is 6.42 Å². The Morgan fingerprint density at radius 2 is 2.24 bits per heavy atom. The van der Waals surface area contributed by atoms with Crippen LogP contribution < -0.4 is 5.32 Å². The molecule has 8 heteroatoms. The van der Waals surface area contributed by atoms with Crippen LogP contribution in [0.15, 0.2) is 12.7 Å². The molecule has 0 saturated carbocycles. The van der Waals surface area contributed by atoms with E-state index in [4.69, 9.17) is 11.6 Å². The Morgan fingerprint density at radius 3 is 2.88 bits per heavy atom. The molecule has 0 radical (unpaired) electrons. The molecule has 2 aromatic rings. The average Bonchev–Trinajstić information content (AvgIpc) is 2.81. The molecule has 0 aliphatic heterocycles. The standard InChI is InChI=1S/C9H12ClN7/c1-3-6(2)13-8-14-7(10)15-9(16-8)17-5-11-4-12-17/h4-6H,3H2,1-2H3,(H,13,14,15,16). The van der Waals surface area contributed by atoms with Crippen molar-refractivity contribution >= 4 is 17.5 Å². The largest absolute Gasteiger partial charge is 0.352 e. The fourth-order valence-electron chi connectivity index (χ4n) is 1.14. The van der Waals surface area contributed by atoms with Crippen molar-refractivity contribution in [2.45, 2.75) is 26.3 Å². The SMILES string of the molecule is CCC(C)Nc1nc(Cl)nc(-n2cncn2)n1. The average molecular weight is 254 g/mol. The molecule has 17 heavy (non-hydrogen) atoms. The van der Waals surface area contributed by atoms with Crippen LogP contribution in [0.4, 0.5) is 5.95 Å². The van der Waals surface area contributed by atoms with E-state index in [-0.39, 0.29) is 11.3 Å². The fourth-order valence-corrected chi connectivity index (χ4v) is 1.30. The molecule has 2 heterocycles. The van der Waals surface area contributed by atoms with Gasteiger partial charge >= 0.3 is 0 Å². The number of halogens is 1. The van der Waals surface area contributed by atoms with Gasteiger partial charge in [-0.1, -0.05) is 6.92 Å². The van der Waals surface area contributed by atoms with Gasteiger partial charge in [0.1, 0.15) is 12.7 Å². The third-order valence-corrected chi connectivity index (χ3v) is 2.38. The smallest absolute Gasteiger partial charge is 0.258 e. The van der Waals surface area contributed by atoms with Crippen LogP contribution in [0.3, 0.4) is 0 Å². The molecule has 0 bridgehead atoms. The molecule has 0 aliphatic rings. The van der Waals surface area contributed by atoms with Crippen molar-refractivity contribution in [1.29, 1.82) is 0 Å². The van der Waals surface area contributed by atoms with E-state index in [1.165, 1.54) is 17.3 Å². The van der Waals surface area contributed by atoms with Crippen molar-refractivity contribution < 1.29 is 0 Å². The summed E-state index contributed by atoms with van der Waals surface area (Å²) in [5, 5.41) is 7.18. The quantitative estimate of drug-likeness (QED) is 0.885. The lowest BCUT2D eigenvalue weighted by atomic mass is 10.3. The number of nitrogens with zero attached hydrogens (tertiary/aromatic N) is 6. The molecule has 1 unspecified atom stereocenters. The maximum Gasteiger partial charge on any atom is 0.258 e. The van der Waals surface area contributed by atoms with Gasteiger partial charge < -0.3 is 5.32 Å². The first-order valence-electron chi connectivity index (χ1n) is 5.22. The van der Waals surface area contributed by atoms with Crippen molar-refractivity contribution in [3.05, 3.63) is 17.9 Å². The van der Waals surface area contributed by atoms with E-state index in [9.17, 15) is 0 Å². The summed E-state index contributed by atoms with van der Waals surface area (Å²) >= 11 is 5.83. The maximum atomic E-state index is 5.83. The van der Waals surface area contributed by atoms with Gasteiger partial charge in [-0.2, -0.15) is 24.7 Å². The second-order valence-electron chi connectivity index (χ2n) is 3.52. The number of hydrogen-bond donors (Lipinski definition) is 1. The molecular formula is C9H12ClN7. The predicted molar refractivity (Wildman–Crippen MR) is 63.1 cm³/mol. The Labute approximate surface area is 103 Å². The highest BCUT2D eigenvalue weighted by atomic mass is 35.5. The van der Waals surface area contributed by atoms with Crippen LogP contribution >= 0.6 is 11.6 Å². The molecule has 0 saturated heterocycles. The Kier molecular flexibility index (Phi) is 3.48. The molecule has 0 spiro atoms. The molecule has 2 aromatic heterocycles. The van der Waals surface area contributed by atoms with Gasteiger partial charge in [0.25, 0.3) is 5.95 Å². The predicted octanol–water partition coefficient (Wildman–Crippen LogP) is 1.32. The molecule has 0 aromatic carbocycles. The highest BCUT2D eigenvalue weighted by Gasteiger charge is 2.08. The van der Waals surface area contributed by atoms with Crippen LogP contribution in [-0.4, -0.2) is 35.8 Å². The van der Waals surface area contributed by atoms with E-state index < -0.39 is 0 Å². The Balaban J connectivity index is 2.30. The minimum Gasteiger partial charge on any atom is -0.352 e. The summed E-state index contributed by atoms with van der Waals surface area (Å²) in [7, 11) is 0.